The fourth-order valence-corrected chi connectivity index (χ4v) is 2.79. The standard InChI is InChI=1S/C21H18N2O4/c1-27-20-12-11-17(23(25)26)14-18(20)21(24)22-19-10-6-5-9-16(19)13-15-7-3-2-4-8-15/h2-12,14H,13H2,1H3,(H,22,24). The molecule has 6 nitrogen and oxygen atoms in total. The second-order valence-electron chi connectivity index (χ2n) is 5.92. The van der Waals surface area contributed by atoms with Crippen LogP contribution in [0.1, 0.15) is 21.5 Å². The molecule has 0 atom stereocenters. The topological polar surface area (TPSA) is 81.5 Å². The normalized spacial score (nSPS) is 10.3. The number of non-ortho nitro benzene ring substituents is 1. The molecule has 27 heavy (non-hydrogen) atoms. The first-order chi connectivity index (χ1) is 13.1. The molecule has 0 aliphatic heterocycles. The summed E-state index contributed by atoms with van der Waals surface area (Å²) < 4.78 is 5.18. The van der Waals surface area contributed by atoms with Crippen LogP contribution in [0, 0.1) is 10.1 Å². The van der Waals surface area contributed by atoms with E-state index in [9.17, 15) is 14.9 Å². The molecule has 0 saturated carbocycles. The number of nitrogens with one attached hydrogen (secondary N) is 1. The number of anilines is 1. The van der Waals surface area contributed by atoms with Gasteiger partial charge in [-0.25, -0.2) is 0 Å². The summed E-state index contributed by atoms with van der Waals surface area (Å²) in [6.45, 7) is 0. The number of benzene rings is 3. The predicted molar refractivity (Wildman–Crippen MR) is 103 cm³/mol. The van der Waals surface area contributed by atoms with Gasteiger partial charge in [0, 0.05) is 17.8 Å². The van der Waals surface area contributed by atoms with Crippen molar-refractivity contribution in [1.29, 1.82) is 0 Å². The van der Waals surface area contributed by atoms with E-state index in [0.29, 0.717) is 12.1 Å². The number of carbonyl (C=O) groups is 1. The van der Waals surface area contributed by atoms with Crippen LogP contribution in [0.4, 0.5) is 11.4 Å². The van der Waals surface area contributed by atoms with Gasteiger partial charge in [-0.2, -0.15) is 0 Å². The zero-order valence-corrected chi connectivity index (χ0v) is 14.7. The lowest BCUT2D eigenvalue weighted by Gasteiger charge is -2.13. The molecule has 0 heterocycles. The summed E-state index contributed by atoms with van der Waals surface area (Å²) in [4.78, 5) is 23.2. The van der Waals surface area contributed by atoms with Crippen LogP contribution >= 0.6 is 0 Å². The number of nitrogens with zero attached hydrogens (tertiary/aromatic N) is 1. The van der Waals surface area contributed by atoms with Crippen molar-refractivity contribution in [3.63, 3.8) is 0 Å². The molecule has 0 spiro atoms. The molecule has 0 saturated heterocycles. The van der Waals surface area contributed by atoms with Crippen LogP contribution < -0.4 is 10.1 Å². The van der Waals surface area contributed by atoms with E-state index in [0.717, 1.165) is 11.1 Å². The molecule has 1 N–H and O–H groups in total. The summed E-state index contributed by atoms with van der Waals surface area (Å²) in [6, 6.07) is 21.3. The lowest BCUT2D eigenvalue weighted by molar-refractivity contribution is -0.384. The minimum absolute atomic E-state index is 0.112. The van der Waals surface area contributed by atoms with E-state index < -0.39 is 10.8 Å². The molecule has 3 aromatic carbocycles. The van der Waals surface area contributed by atoms with Gasteiger partial charge in [0.15, 0.2) is 0 Å². The molecule has 1 amide bonds. The molecule has 0 radical (unpaired) electrons. The second kappa shape index (κ2) is 8.14. The SMILES string of the molecule is COc1ccc([N+](=O)[O-])cc1C(=O)Nc1ccccc1Cc1ccccc1. The van der Waals surface area contributed by atoms with Gasteiger partial charge in [-0.1, -0.05) is 48.5 Å². The van der Waals surface area contributed by atoms with Crippen LogP contribution in [0.2, 0.25) is 0 Å². The highest BCUT2D eigenvalue weighted by atomic mass is 16.6. The molecule has 0 fully saturated rings. The van der Waals surface area contributed by atoms with Gasteiger partial charge in [0.2, 0.25) is 0 Å². The Bertz CT molecular complexity index is 971. The van der Waals surface area contributed by atoms with Crippen molar-refractivity contribution in [2.24, 2.45) is 0 Å². The quantitative estimate of drug-likeness (QED) is 0.519. The number of nitro groups is 1. The lowest BCUT2D eigenvalue weighted by atomic mass is 10.0. The molecular weight excluding hydrogens is 344 g/mol. The van der Waals surface area contributed by atoms with Crippen LogP contribution in [0.3, 0.4) is 0 Å². The molecule has 0 aliphatic rings. The smallest absolute Gasteiger partial charge is 0.270 e. The van der Waals surface area contributed by atoms with Crippen LogP contribution in [-0.4, -0.2) is 17.9 Å². The third-order valence-electron chi connectivity index (χ3n) is 4.14. The molecule has 0 aromatic heterocycles. The highest BCUT2D eigenvalue weighted by Crippen LogP contribution is 2.26. The van der Waals surface area contributed by atoms with Crippen molar-refractivity contribution < 1.29 is 14.5 Å². The highest BCUT2D eigenvalue weighted by molar-refractivity contribution is 6.07. The first kappa shape index (κ1) is 18.1. The van der Waals surface area contributed by atoms with Crippen molar-refractivity contribution in [3.05, 3.63) is 99.6 Å². The van der Waals surface area contributed by atoms with E-state index in [1.165, 1.54) is 25.3 Å². The molecule has 0 unspecified atom stereocenters. The van der Waals surface area contributed by atoms with Gasteiger partial charge in [-0.15, -0.1) is 0 Å². The molecule has 136 valence electrons. The molecule has 3 aromatic rings. The van der Waals surface area contributed by atoms with Gasteiger partial charge >= 0.3 is 0 Å². The van der Waals surface area contributed by atoms with Crippen LogP contribution in [0.25, 0.3) is 0 Å². The number of ether oxygens (including phenoxy) is 1. The van der Waals surface area contributed by atoms with E-state index in [1.807, 2.05) is 48.5 Å². The third-order valence-corrected chi connectivity index (χ3v) is 4.14. The highest BCUT2D eigenvalue weighted by Gasteiger charge is 2.18. The monoisotopic (exact) mass is 362 g/mol. The molecular formula is C21H18N2O4. The van der Waals surface area contributed by atoms with E-state index in [2.05, 4.69) is 5.32 Å². The van der Waals surface area contributed by atoms with Crippen molar-refractivity contribution in [3.8, 4) is 5.75 Å². The summed E-state index contributed by atoms with van der Waals surface area (Å²) in [5, 5.41) is 13.9. The predicted octanol–water partition coefficient (Wildman–Crippen LogP) is 4.45. The molecule has 0 bridgehead atoms. The van der Waals surface area contributed by atoms with Crippen LogP contribution in [0.5, 0.6) is 5.75 Å². The number of hydrogen-bond acceptors (Lipinski definition) is 4. The maximum atomic E-state index is 12.8. The first-order valence-corrected chi connectivity index (χ1v) is 8.34. The zero-order valence-electron chi connectivity index (χ0n) is 14.7. The summed E-state index contributed by atoms with van der Waals surface area (Å²) in [5.74, 6) is -0.185. The average molecular weight is 362 g/mol. The van der Waals surface area contributed by atoms with E-state index in [4.69, 9.17) is 4.74 Å². The van der Waals surface area contributed by atoms with Crippen molar-refractivity contribution in [1.82, 2.24) is 0 Å². The number of nitro benzene ring substituents is 1. The van der Waals surface area contributed by atoms with E-state index in [1.54, 1.807) is 6.07 Å². The Kier molecular flexibility index (Phi) is 5.47. The van der Waals surface area contributed by atoms with Crippen molar-refractivity contribution in [2.75, 3.05) is 12.4 Å². The second-order valence-corrected chi connectivity index (χ2v) is 5.92. The lowest BCUT2D eigenvalue weighted by Crippen LogP contribution is -2.15. The summed E-state index contributed by atoms with van der Waals surface area (Å²) in [7, 11) is 1.42. The van der Waals surface area contributed by atoms with E-state index in [-0.39, 0.29) is 17.0 Å². The number of hydrogen-bond donors (Lipinski definition) is 1. The Morgan fingerprint density at radius 2 is 1.74 bits per heavy atom. The number of methoxy groups -OCH3 is 1. The van der Waals surface area contributed by atoms with Crippen molar-refractivity contribution >= 4 is 17.3 Å². The number of para-hydroxylation sites is 1. The van der Waals surface area contributed by atoms with Gasteiger partial charge in [0.25, 0.3) is 11.6 Å². The Hall–Kier alpha value is -3.67. The zero-order chi connectivity index (χ0) is 19.2. The third kappa shape index (κ3) is 4.30. The summed E-state index contributed by atoms with van der Waals surface area (Å²) in [6.07, 6.45) is 0.656. The molecule has 3 rings (SSSR count). The largest absolute Gasteiger partial charge is 0.496 e. The van der Waals surface area contributed by atoms with Gasteiger partial charge in [0.1, 0.15) is 5.75 Å². The minimum Gasteiger partial charge on any atom is -0.496 e. The molecule has 6 heteroatoms. The Morgan fingerprint density at radius 1 is 1.04 bits per heavy atom. The van der Waals surface area contributed by atoms with Crippen molar-refractivity contribution in [2.45, 2.75) is 6.42 Å². The van der Waals surface area contributed by atoms with Crippen LogP contribution in [-0.2, 0) is 6.42 Å². The molecule has 0 aliphatic carbocycles. The Morgan fingerprint density at radius 3 is 2.44 bits per heavy atom. The van der Waals surface area contributed by atoms with Gasteiger partial charge in [-0.3, -0.25) is 14.9 Å². The maximum absolute atomic E-state index is 12.8. The number of carbonyl (C=O) groups excluding carboxylic acids is 1. The maximum Gasteiger partial charge on any atom is 0.270 e. The summed E-state index contributed by atoms with van der Waals surface area (Å²) >= 11 is 0. The van der Waals surface area contributed by atoms with Gasteiger partial charge < -0.3 is 10.1 Å². The fraction of sp³-hybridized carbons (Fsp3) is 0.0952. The first-order valence-electron chi connectivity index (χ1n) is 8.34. The minimum atomic E-state index is -0.542. The number of amides is 1. The van der Waals surface area contributed by atoms with Crippen LogP contribution in [0.15, 0.2) is 72.8 Å². The average Bonchev–Trinajstić information content (AvgIpc) is 2.69. The van der Waals surface area contributed by atoms with E-state index >= 15 is 0 Å². The fourth-order valence-electron chi connectivity index (χ4n) is 2.79. The van der Waals surface area contributed by atoms with Gasteiger partial charge in [-0.05, 0) is 29.7 Å². The van der Waals surface area contributed by atoms with Gasteiger partial charge in [0.05, 0.1) is 17.6 Å². The Labute approximate surface area is 156 Å². The Balaban J connectivity index is 1.89. The number of rotatable bonds is 6. The summed E-state index contributed by atoms with van der Waals surface area (Å²) in [5.41, 5.74) is 2.66.